The van der Waals surface area contributed by atoms with Crippen LogP contribution in [0, 0.1) is 22.7 Å². The molecule has 0 heterocycles. The van der Waals surface area contributed by atoms with E-state index in [1.807, 2.05) is 0 Å². The van der Waals surface area contributed by atoms with Crippen molar-refractivity contribution in [1.29, 1.82) is 5.26 Å². The molecule has 0 aromatic heterocycles. The smallest absolute Gasteiger partial charge is 0.188 e. The first kappa shape index (κ1) is 11.3. The van der Waals surface area contributed by atoms with Gasteiger partial charge in [0.15, 0.2) is 5.96 Å². The van der Waals surface area contributed by atoms with Gasteiger partial charge in [0, 0.05) is 6.54 Å². The number of hydrogen-bond acceptors (Lipinski definition) is 2. The third-order valence-electron chi connectivity index (χ3n) is 3.90. The van der Waals surface area contributed by atoms with Crippen molar-refractivity contribution in [2.45, 2.75) is 38.5 Å². The van der Waals surface area contributed by atoms with Crippen LogP contribution in [0.1, 0.15) is 38.5 Å². The first-order chi connectivity index (χ1) is 7.74. The van der Waals surface area contributed by atoms with Crippen LogP contribution in [-0.2, 0) is 0 Å². The van der Waals surface area contributed by atoms with Gasteiger partial charge in [-0.3, -0.25) is 4.99 Å². The van der Waals surface area contributed by atoms with Crippen LogP contribution in [0.3, 0.4) is 0 Å². The van der Waals surface area contributed by atoms with E-state index in [0.717, 1.165) is 31.7 Å². The molecule has 0 aromatic carbocycles. The highest BCUT2D eigenvalue weighted by Gasteiger charge is 2.36. The summed E-state index contributed by atoms with van der Waals surface area (Å²) in [5.41, 5.74) is 5.57. The van der Waals surface area contributed by atoms with Crippen LogP contribution in [0.5, 0.6) is 0 Å². The molecule has 3 N–H and O–H groups in total. The van der Waals surface area contributed by atoms with Crippen molar-refractivity contribution in [3.8, 4) is 6.07 Å². The van der Waals surface area contributed by atoms with Gasteiger partial charge in [0.1, 0.15) is 0 Å². The second-order valence-electron chi connectivity index (χ2n) is 5.12. The molecule has 0 spiro atoms. The van der Waals surface area contributed by atoms with Gasteiger partial charge in [-0.05, 0) is 31.6 Å². The summed E-state index contributed by atoms with van der Waals surface area (Å²) in [4.78, 5) is 4.28. The number of nitrogens with two attached hydrogens (primary N) is 1. The summed E-state index contributed by atoms with van der Waals surface area (Å²) in [5, 5.41) is 12.2. The third kappa shape index (κ3) is 2.46. The molecule has 4 nitrogen and oxygen atoms in total. The molecule has 0 amide bonds. The molecule has 0 unspecified atom stereocenters. The highest BCUT2D eigenvalue weighted by molar-refractivity contribution is 5.77. The number of nitrogens with zero attached hydrogens (tertiary/aromatic N) is 2. The van der Waals surface area contributed by atoms with E-state index in [2.05, 4.69) is 16.4 Å². The summed E-state index contributed by atoms with van der Waals surface area (Å²) in [7, 11) is 0. The van der Waals surface area contributed by atoms with Crippen molar-refractivity contribution >= 4 is 5.96 Å². The second kappa shape index (κ2) is 4.73. The summed E-state index contributed by atoms with van der Waals surface area (Å²) < 4.78 is 0. The van der Waals surface area contributed by atoms with E-state index in [9.17, 15) is 0 Å². The van der Waals surface area contributed by atoms with Crippen molar-refractivity contribution in [1.82, 2.24) is 5.32 Å². The van der Waals surface area contributed by atoms with Crippen molar-refractivity contribution in [2.75, 3.05) is 13.1 Å². The number of hydrogen-bond donors (Lipinski definition) is 2. The van der Waals surface area contributed by atoms with Crippen LogP contribution in [0.15, 0.2) is 4.99 Å². The molecule has 0 atom stereocenters. The van der Waals surface area contributed by atoms with Gasteiger partial charge in [-0.2, -0.15) is 5.26 Å². The number of nitrogens with one attached hydrogen (secondary N) is 1. The molecule has 0 bridgehead atoms. The molecule has 0 aliphatic heterocycles. The maximum Gasteiger partial charge on any atom is 0.188 e. The highest BCUT2D eigenvalue weighted by Crippen LogP contribution is 2.40. The van der Waals surface area contributed by atoms with Crippen LogP contribution in [-0.4, -0.2) is 19.0 Å². The largest absolute Gasteiger partial charge is 0.370 e. The molecule has 2 rings (SSSR count). The number of rotatable bonds is 4. The fourth-order valence-corrected chi connectivity index (χ4v) is 2.15. The Balaban J connectivity index is 1.71. The molecule has 2 aliphatic rings. The molecular formula is C12H20N4. The normalized spacial score (nSPS) is 24.1. The Morgan fingerprint density at radius 3 is 2.62 bits per heavy atom. The fraction of sp³-hybridized carbons (Fsp3) is 0.833. The average Bonchev–Trinajstić information content (AvgIpc) is 2.14. The summed E-state index contributed by atoms with van der Waals surface area (Å²) in [6, 6.07) is 2.37. The predicted molar refractivity (Wildman–Crippen MR) is 63.7 cm³/mol. The third-order valence-corrected chi connectivity index (χ3v) is 3.90. The Bertz CT molecular complexity index is 307. The molecule has 0 aromatic rings. The quantitative estimate of drug-likeness (QED) is 0.555. The summed E-state index contributed by atoms with van der Waals surface area (Å²) >= 11 is 0. The van der Waals surface area contributed by atoms with Gasteiger partial charge in [0.25, 0.3) is 0 Å². The maximum atomic E-state index is 9.03. The fourth-order valence-electron chi connectivity index (χ4n) is 2.15. The van der Waals surface area contributed by atoms with Gasteiger partial charge in [0.2, 0.25) is 0 Å². The maximum absolute atomic E-state index is 9.03. The van der Waals surface area contributed by atoms with Crippen molar-refractivity contribution < 1.29 is 0 Å². The molecule has 88 valence electrons. The van der Waals surface area contributed by atoms with E-state index in [0.29, 0.717) is 12.5 Å². The first-order valence-electron chi connectivity index (χ1n) is 6.19. The zero-order valence-corrected chi connectivity index (χ0v) is 9.71. The van der Waals surface area contributed by atoms with E-state index in [-0.39, 0.29) is 5.41 Å². The van der Waals surface area contributed by atoms with Crippen LogP contribution in [0.4, 0.5) is 0 Å². The Morgan fingerprint density at radius 1 is 1.44 bits per heavy atom. The van der Waals surface area contributed by atoms with E-state index in [4.69, 9.17) is 11.0 Å². The van der Waals surface area contributed by atoms with Crippen molar-refractivity contribution in [2.24, 2.45) is 22.1 Å². The minimum Gasteiger partial charge on any atom is -0.370 e. The second-order valence-corrected chi connectivity index (χ2v) is 5.12. The summed E-state index contributed by atoms with van der Waals surface area (Å²) in [6.45, 7) is 1.50. The van der Waals surface area contributed by atoms with E-state index >= 15 is 0 Å². The van der Waals surface area contributed by atoms with Gasteiger partial charge in [-0.25, -0.2) is 0 Å². The Kier molecular flexibility index (Phi) is 3.33. The average molecular weight is 220 g/mol. The minimum atomic E-state index is -0.206. The Labute approximate surface area is 96.9 Å². The van der Waals surface area contributed by atoms with E-state index < -0.39 is 0 Å². The molecule has 2 aliphatic carbocycles. The lowest BCUT2D eigenvalue weighted by Crippen LogP contribution is -2.39. The SMILES string of the molecule is N#CC1(CN=C(N)NCC2CCC2)CCC1. The standard InChI is InChI=1S/C12H20N4/c13-8-12(5-2-6-12)9-16-11(14)15-7-10-3-1-4-10/h10H,1-7,9H2,(H3,14,15,16). The molecule has 0 saturated heterocycles. The van der Waals surface area contributed by atoms with Gasteiger partial charge in [-0.1, -0.05) is 12.8 Å². The summed E-state index contributed by atoms with van der Waals surface area (Å²) in [5.74, 6) is 1.29. The van der Waals surface area contributed by atoms with Gasteiger partial charge >= 0.3 is 0 Å². The van der Waals surface area contributed by atoms with Gasteiger partial charge in [0.05, 0.1) is 18.0 Å². The molecule has 16 heavy (non-hydrogen) atoms. The monoisotopic (exact) mass is 220 g/mol. The van der Waals surface area contributed by atoms with Crippen LogP contribution >= 0.6 is 0 Å². The minimum absolute atomic E-state index is 0.206. The molecule has 2 saturated carbocycles. The topological polar surface area (TPSA) is 74.2 Å². The van der Waals surface area contributed by atoms with Crippen LogP contribution < -0.4 is 11.1 Å². The van der Waals surface area contributed by atoms with Crippen LogP contribution in [0.2, 0.25) is 0 Å². The van der Waals surface area contributed by atoms with Crippen molar-refractivity contribution in [3.63, 3.8) is 0 Å². The zero-order chi connectivity index (χ0) is 11.4. The Hall–Kier alpha value is -1.24. The molecule has 0 radical (unpaired) electrons. The lowest BCUT2D eigenvalue weighted by Gasteiger charge is -2.33. The number of aliphatic imine (C=N–C) groups is 1. The molecule has 2 fully saturated rings. The number of guanidine groups is 1. The lowest BCUT2D eigenvalue weighted by molar-refractivity contribution is 0.226. The van der Waals surface area contributed by atoms with Crippen LogP contribution in [0.25, 0.3) is 0 Å². The lowest BCUT2D eigenvalue weighted by atomic mass is 9.70. The Morgan fingerprint density at radius 2 is 2.19 bits per heavy atom. The first-order valence-corrected chi connectivity index (χ1v) is 6.19. The van der Waals surface area contributed by atoms with E-state index in [1.165, 1.54) is 19.3 Å². The van der Waals surface area contributed by atoms with E-state index in [1.54, 1.807) is 0 Å². The van der Waals surface area contributed by atoms with Crippen molar-refractivity contribution in [3.05, 3.63) is 0 Å². The number of nitriles is 1. The molecule has 4 heteroatoms. The highest BCUT2D eigenvalue weighted by atomic mass is 15.1. The molecular weight excluding hydrogens is 200 g/mol. The summed E-state index contributed by atoms with van der Waals surface area (Å²) in [6.07, 6.45) is 7.07. The van der Waals surface area contributed by atoms with Gasteiger partial charge in [-0.15, -0.1) is 0 Å². The predicted octanol–water partition coefficient (Wildman–Crippen LogP) is 1.38. The van der Waals surface area contributed by atoms with Gasteiger partial charge < -0.3 is 11.1 Å². The zero-order valence-electron chi connectivity index (χ0n) is 9.71.